The number of carbonyl (C=O) groups is 1. The quantitative estimate of drug-likeness (QED) is 0.850. The number of rotatable bonds is 1. The number of anilines is 1. The molecule has 0 aliphatic carbocycles. The average Bonchev–Trinajstić information content (AvgIpc) is 2.45. The Hall–Kier alpha value is -1.80. The minimum absolute atomic E-state index is 0.187. The number of hydrogen-bond acceptors (Lipinski definition) is 3. The van der Waals surface area contributed by atoms with Crippen LogP contribution in [-0.4, -0.2) is 43.0 Å². The SMILES string of the molecule is CC1(C)OCC2(CO1)CN(C(=O)Nc1ccc(C(F)(F)F)cc1)C2. The van der Waals surface area contributed by atoms with Crippen LogP contribution in [0.2, 0.25) is 0 Å². The molecule has 0 saturated carbocycles. The number of hydrogen-bond donors (Lipinski definition) is 1. The van der Waals surface area contributed by atoms with E-state index >= 15 is 0 Å². The molecule has 1 aromatic carbocycles. The fourth-order valence-corrected chi connectivity index (χ4v) is 2.77. The molecule has 8 heteroatoms. The first-order valence-electron chi connectivity index (χ1n) is 7.60. The first-order chi connectivity index (χ1) is 11.1. The number of urea groups is 1. The summed E-state index contributed by atoms with van der Waals surface area (Å²) in [6.07, 6.45) is -4.39. The monoisotopic (exact) mass is 344 g/mol. The number of carbonyl (C=O) groups excluding carboxylic acids is 1. The van der Waals surface area contributed by atoms with E-state index in [0.717, 1.165) is 12.1 Å². The lowest BCUT2D eigenvalue weighted by Crippen LogP contribution is -2.66. The number of alkyl halides is 3. The third-order valence-electron chi connectivity index (χ3n) is 4.26. The fraction of sp³-hybridized carbons (Fsp3) is 0.562. The van der Waals surface area contributed by atoms with Crippen molar-refractivity contribution in [1.29, 1.82) is 0 Å². The van der Waals surface area contributed by atoms with Gasteiger partial charge >= 0.3 is 12.2 Å². The van der Waals surface area contributed by atoms with Gasteiger partial charge in [0.25, 0.3) is 0 Å². The van der Waals surface area contributed by atoms with E-state index in [1.165, 1.54) is 12.1 Å². The summed E-state index contributed by atoms with van der Waals surface area (Å²) in [4.78, 5) is 13.7. The number of benzene rings is 1. The van der Waals surface area contributed by atoms with Gasteiger partial charge in [-0.1, -0.05) is 0 Å². The number of halogens is 3. The summed E-state index contributed by atoms with van der Waals surface area (Å²) in [5.41, 5.74) is -0.610. The van der Waals surface area contributed by atoms with Crippen molar-refractivity contribution in [2.75, 3.05) is 31.6 Å². The highest BCUT2D eigenvalue weighted by Crippen LogP contribution is 2.38. The summed E-state index contributed by atoms with van der Waals surface area (Å²) in [5.74, 6) is -0.603. The molecule has 0 aromatic heterocycles. The second-order valence-corrected chi connectivity index (χ2v) is 6.84. The van der Waals surface area contributed by atoms with Crippen LogP contribution in [0.1, 0.15) is 19.4 Å². The van der Waals surface area contributed by atoms with Crippen molar-refractivity contribution in [3.63, 3.8) is 0 Å². The summed E-state index contributed by atoms with van der Waals surface area (Å²) in [6.45, 7) is 5.71. The molecule has 3 rings (SSSR count). The normalized spacial score (nSPS) is 22.1. The van der Waals surface area contributed by atoms with Gasteiger partial charge in [0.15, 0.2) is 5.79 Å². The first kappa shape index (κ1) is 17.0. The molecule has 1 N–H and O–H groups in total. The van der Waals surface area contributed by atoms with Crippen LogP contribution in [-0.2, 0) is 15.7 Å². The Morgan fingerprint density at radius 3 is 2.17 bits per heavy atom. The molecule has 1 aromatic rings. The van der Waals surface area contributed by atoms with Crippen molar-refractivity contribution >= 4 is 11.7 Å². The summed E-state index contributed by atoms with van der Waals surface area (Å²) < 4.78 is 48.8. The van der Waals surface area contributed by atoms with Crippen LogP contribution in [0.15, 0.2) is 24.3 Å². The second-order valence-electron chi connectivity index (χ2n) is 6.84. The van der Waals surface area contributed by atoms with E-state index in [1.54, 1.807) is 4.90 Å². The molecule has 0 bridgehead atoms. The van der Waals surface area contributed by atoms with Crippen molar-refractivity contribution in [3.05, 3.63) is 29.8 Å². The molecular formula is C16H19F3N2O3. The van der Waals surface area contributed by atoms with Gasteiger partial charge < -0.3 is 19.7 Å². The Kier molecular flexibility index (Phi) is 4.00. The summed E-state index contributed by atoms with van der Waals surface area (Å²) in [6, 6.07) is 4.03. The van der Waals surface area contributed by atoms with E-state index in [0.29, 0.717) is 32.0 Å². The number of likely N-dealkylation sites (tertiary alicyclic amines) is 1. The zero-order chi connectivity index (χ0) is 17.6. The van der Waals surface area contributed by atoms with Crippen LogP contribution in [0.3, 0.4) is 0 Å². The topological polar surface area (TPSA) is 50.8 Å². The molecular weight excluding hydrogens is 325 g/mol. The third kappa shape index (κ3) is 3.49. The summed E-state index contributed by atoms with van der Waals surface area (Å²) in [7, 11) is 0. The van der Waals surface area contributed by atoms with Gasteiger partial charge in [0, 0.05) is 18.8 Å². The molecule has 0 radical (unpaired) electrons. The zero-order valence-electron chi connectivity index (χ0n) is 13.4. The largest absolute Gasteiger partial charge is 0.416 e. The van der Waals surface area contributed by atoms with Crippen LogP contribution in [0.5, 0.6) is 0 Å². The summed E-state index contributed by atoms with van der Waals surface area (Å²) in [5, 5.41) is 2.60. The minimum Gasteiger partial charge on any atom is -0.350 e. The lowest BCUT2D eigenvalue weighted by Gasteiger charge is -2.53. The molecule has 2 amide bonds. The lowest BCUT2D eigenvalue weighted by molar-refractivity contribution is -0.301. The van der Waals surface area contributed by atoms with Crippen LogP contribution < -0.4 is 5.32 Å². The molecule has 1 spiro atoms. The van der Waals surface area contributed by atoms with Gasteiger partial charge in [-0.2, -0.15) is 13.2 Å². The third-order valence-corrected chi connectivity index (χ3v) is 4.26. The van der Waals surface area contributed by atoms with Gasteiger partial charge in [0.05, 0.1) is 24.2 Å². The van der Waals surface area contributed by atoms with E-state index in [1.807, 2.05) is 13.8 Å². The Morgan fingerprint density at radius 1 is 1.12 bits per heavy atom. The van der Waals surface area contributed by atoms with E-state index < -0.39 is 17.5 Å². The molecule has 2 heterocycles. The van der Waals surface area contributed by atoms with Crippen LogP contribution >= 0.6 is 0 Å². The fourth-order valence-electron chi connectivity index (χ4n) is 2.77. The molecule has 2 saturated heterocycles. The molecule has 2 fully saturated rings. The highest BCUT2D eigenvalue weighted by atomic mass is 19.4. The maximum Gasteiger partial charge on any atom is 0.416 e. The van der Waals surface area contributed by atoms with Crippen LogP contribution in [0, 0.1) is 5.41 Å². The van der Waals surface area contributed by atoms with Gasteiger partial charge in [0.1, 0.15) is 0 Å². The minimum atomic E-state index is -4.39. The van der Waals surface area contributed by atoms with Crippen molar-refractivity contribution in [2.24, 2.45) is 5.41 Å². The molecule has 5 nitrogen and oxygen atoms in total. The van der Waals surface area contributed by atoms with Crippen molar-refractivity contribution in [2.45, 2.75) is 25.8 Å². The Balaban J connectivity index is 1.52. The molecule has 0 atom stereocenters. The predicted molar refractivity (Wildman–Crippen MR) is 80.5 cm³/mol. The van der Waals surface area contributed by atoms with Gasteiger partial charge in [-0.25, -0.2) is 4.79 Å². The second kappa shape index (κ2) is 5.63. The smallest absolute Gasteiger partial charge is 0.350 e. The maximum atomic E-state index is 12.5. The molecule has 0 unspecified atom stereocenters. The highest BCUT2D eigenvalue weighted by Gasteiger charge is 2.50. The van der Waals surface area contributed by atoms with Gasteiger partial charge in [-0.3, -0.25) is 0 Å². The zero-order valence-corrected chi connectivity index (χ0v) is 13.4. The van der Waals surface area contributed by atoms with E-state index in [9.17, 15) is 18.0 Å². The average molecular weight is 344 g/mol. The van der Waals surface area contributed by atoms with Crippen LogP contribution in [0.25, 0.3) is 0 Å². The number of amides is 2. The number of nitrogens with one attached hydrogen (secondary N) is 1. The molecule has 24 heavy (non-hydrogen) atoms. The van der Waals surface area contributed by atoms with Gasteiger partial charge in [0.2, 0.25) is 0 Å². The van der Waals surface area contributed by atoms with Gasteiger partial charge in [-0.15, -0.1) is 0 Å². The predicted octanol–water partition coefficient (Wildman–Crippen LogP) is 3.32. The molecule has 2 aliphatic heterocycles. The Labute approximate surface area is 137 Å². The molecule has 132 valence electrons. The highest BCUT2D eigenvalue weighted by molar-refractivity contribution is 5.90. The van der Waals surface area contributed by atoms with Crippen molar-refractivity contribution < 1.29 is 27.4 Å². The maximum absolute atomic E-state index is 12.5. The van der Waals surface area contributed by atoms with E-state index in [2.05, 4.69) is 5.32 Å². The molecule has 2 aliphatic rings. The summed E-state index contributed by atoms with van der Waals surface area (Å²) >= 11 is 0. The lowest BCUT2D eigenvalue weighted by atomic mass is 9.81. The standard InChI is InChI=1S/C16H19F3N2O3/c1-14(2)23-9-15(10-24-14)7-21(8-15)13(22)20-12-5-3-11(4-6-12)16(17,18)19/h3-6H,7-10H2,1-2H3,(H,20,22). The van der Waals surface area contributed by atoms with Crippen LogP contribution in [0.4, 0.5) is 23.7 Å². The van der Waals surface area contributed by atoms with E-state index in [-0.39, 0.29) is 11.4 Å². The Morgan fingerprint density at radius 2 is 1.67 bits per heavy atom. The first-order valence-corrected chi connectivity index (χ1v) is 7.60. The van der Waals surface area contributed by atoms with E-state index in [4.69, 9.17) is 9.47 Å². The number of nitrogens with zero attached hydrogens (tertiary/aromatic N) is 1. The van der Waals surface area contributed by atoms with Gasteiger partial charge in [-0.05, 0) is 38.1 Å². The van der Waals surface area contributed by atoms with Crippen molar-refractivity contribution in [3.8, 4) is 0 Å². The number of ether oxygens (including phenoxy) is 2. The Bertz CT molecular complexity index is 610. The van der Waals surface area contributed by atoms with Crippen molar-refractivity contribution in [1.82, 2.24) is 4.90 Å².